The van der Waals surface area contributed by atoms with Crippen LogP contribution < -0.4 is 0 Å². The molecule has 11 heavy (non-hydrogen) atoms. The smallest absolute Gasteiger partial charge is 0.0976 e. The van der Waals surface area contributed by atoms with E-state index in [1.165, 1.54) is 0 Å². The standard InChI is InChI=1S/C7H13N3O/c1-3-4-6-7(2,11-6)5-9-10-8/h6H,3-5H2,1-2H3/t6-,7-/m0/s1. The largest absolute Gasteiger partial charge is 0.366 e. The van der Waals surface area contributed by atoms with E-state index in [0.29, 0.717) is 12.6 Å². The van der Waals surface area contributed by atoms with Crippen LogP contribution in [0.25, 0.3) is 10.4 Å². The van der Waals surface area contributed by atoms with Gasteiger partial charge in [0.1, 0.15) is 0 Å². The summed E-state index contributed by atoms with van der Waals surface area (Å²) in [7, 11) is 0. The molecule has 0 aromatic heterocycles. The van der Waals surface area contributed by atoms with Gasteiger partial charge in [0.2, 0.25) is 0 Å². The van der Waals surface area contributed by atoms with Crippen molar-refractivity contribution in [2.75, 3.05) is 6.54 Å². The average Bonchev–Trinajstić information content (AvgIpc) is 2.60. The highest BCUT2D eigenvalue weighted by Gasteiger charge is 2.50. The topological polar surface area (TPSA) is 61.3 Å². The fraction of sp³-hybridized carbons (Fsp3) is 1.00. The van der Waals surface area contributed by atoms with Gasteiger partial charge in [0.25, 0.3) is 0 Å². The first-order valence-electron chi connectivity index (χ1n) is 3.91. The van der Waals surface area contributed by atoms with Crippen molar-refractivity contribution in [3.63, 3.8) is 0 Å². The zero-order valence-electron chi connectivity index (χ0n) is 6.95. The lowest BCUT2D eigenvalue weighted by Gasteiger charge is -1.97. The first kappa shape index (κ1) is 8.37. The Morgan fingerprint density at radius 2 is 2.45 bits per heavy atom. The lowest BCUT2D eigenvalue weighted by molar-refractivity contribution is 0.309. The predicted molar refractivity (Wildman–Crippen MR) is 42.2 cm³/mol. The van der Waals surface area contributed by atoms with Crippen molar-refractivity contribution in [1.29, 1.82) is 0 Å². The Morgan fingerprint density at radius 1 is 1.73 bits per heavy atom. The van der Waals surface area contributed by atoms with Crippen LogP contribution in [0.4, 0.5) is 0 Å². The Labute approximate surface area is 66.2 Å². The van der Waals surface area contributed by atoms with E-state index >= 15 is 0 Å². The molecule has 0 spiro atoms. The monoisotopic (exact) mass is 155 g/mol. The number of nitrogens with zero attached hydrogens (tertiary/aromatic N) is 3. The first-order chi connectivity index (χ1) is 5.23. The van der Waals surface area contributed by atoms with E-state index in [1.54, 1.807) is 0 Å². The molecule has 2 atom stereocenters. The van der Waals surface area contributed by atoms with Crippen LogP contribution in [-0.2, 0) is 4.74 Å². The van der Waals surface area contributed by atoms with Gasteiger partial charge in [-0.05, 0) is 18.9 Å². The summed E-state index contributed by atoms with van der Waals surface area (Å²) in [4.78, 5) is 2.70. The van der Waals surface area contributed by atoms with Crippen molar-refractivity contribution < 1.29 is 4.74 Å². The molecule has 1 aliphatic rings. The molecular formula is C7H13N3O. The van der Waals surface area contributed by atoms with Gasteiger partial charge in [-0.3, -0.25) is 0 Å². The molecule has 0 N–H and O–H groups in total. The molecule has 0 aromatic carbocycles. The second kappa shape index (κ2) is 3.11. The summed E-state index contributed by atoms with van der Waals surface area (Å²) in [6.07, 6.45) is 2.51. The summed E-state index contributed by atoms with van der Waals surface area (Å²) in [6.45, 7) is 4.58. The van der Waals surface area contributed by atoms with Crippen LogP contribution in [0.1, 0.15) is 26.7 Å². The number of epoxide rings is 1. The highest BCUT2D eigenvalue weighted by Crippen LogP contribution is 2.39. The molecular weight excluding hydrogens is 142 g/mol. The van der Waals surface area contributed by atoms with E-state index in [-0.39, 0.29) is 5.60 Å². The number of ether oxygens (including phenoxy) is 1. The van der Waals surface area contributed by atoms with Crippen molar-refractivity contribution in [3.8, 4) is 0 Å². The van der Waals surface area contributed by atoms with Crippen LogP contribution in [0.2, 0.25) is 0 Å². The maximum Gasteiger partial charge on any atom is 0.0976 e. The summed E-state index contributed by atoms with van der Waals surface area (Å²) >= 11 is 0. The molecule has 1 rings (SSSR count). The van der Waals surface area contributed by atoms with E-state index in [1.807, 2.05) is 6.92 Å². The Balaban J connectivity index is 2.30. The fourth-order valence-corrected chi connectivity index (χ4v) is 1.23. The molecule has 0 aromatic rings. The van der Waals surface area contributed by atoms with Gasteiger partial charge in [-0.1, -0.05) is 18.5 Å². The molecule has 0 radical (unpaired) electrons. The molecule has 0 aliphatic carbocycles. The molecule has 1 heterocycles. The molecule has 0 saturated carbocycles. The van der Waals surface area contributed by atoms with Crippen LogP contribution in [0.3, 0.4) is 0 Å². The minimum absolute atomic E-state index is 0.151. The molecule has 0 unspecified atom stereocenters. The Bertz CT molecular complexity index is 188. The molecule has 0 amide bonds. The zero-order chi connectivity index (χ0) is 8.32. The fourth-order valence-electron chi connectivity index (χ4n) is 1.23. The zero-order valence-corrected chi connectivity index (χ0v) is 6.95. The SMILES string of the molecule is CCC[C@@H]1O[C@@]1(C)CN=[N+]=[N-]. The molecule has 4 heteroatoms. The minimum Gasteiger partial charge on any atom is -0.366 e. The highest BCUT2D eigenvalue weighted by molar-refractivity contribution is 5.00. The van der Waals surface area contributed by atoms with E-state index in [4.69, 9.17) is 10.3 Å². The number of azide groups is 1. The van der Waals surface area contributed by atoms with E-state index in [0.717, 1.165) is 12.8 Å². The van der Waals surface area contributed by atoms with Gasteiger partial charge >= 0.3 is 0 Å². The van der Waals surface area contributed by atoms with Gasteiger partial charge in [0.15, 0.2) is 0 Å². The number of hydrogen-bond acceptors (Lipinski definition) is 2. The maximum absolute atomic E-state index is 8.08. The van der Waals surface area contributed by atoms with Crippen LogP contribution in [0, 0.1) is 0 Å². The average molecular weight is 155 g/mol. The summed E-state index contributed by atoms with van der Waals surface area (Å²) in [5.41, 5.74) is 7.93. The van der Waals surface area contributed by atoms with E-state index in [9.17, 15) is 0 Å². The number of hydrogen-bond donors (Lipinski definition) is 0. The predicted octanol–water partition coefficient (Wildman–Crippen LogP) is 2.25. The first-order valence-corrected chi connectivity index (χ1v) is 3.91. The highest BCUT2D eigenvalue weighted by atomic mass is 16.6. The van der Waals surface area contributed by atoms with Gasteiger partial charge in [0, 0.05) is 4.91 Å². The van der Waals surface area contributed by atoms with Gasteiger partial charge in [0.05, 0.1) is 18.2 Å². The van der Waals surface area contributed by atoms with Gasteiger partial charge < -0.3 is 4.74 Å². The molecule has 0 bridgehead atoms. The van der Waals surface area contributed by atoms with Crippen molar-refractivity contribution >= 4 is 0 Å². The van der Waals surface area contributed by atoms with Gasteiger partial charge in [-0.2, -0.15) is 0 Å². The number of rotatable bonds is 4. The van der Waals surface area contributed by atoms with Gasteiger partial charge in [-0.15, -0.1) is 0 Å². The van der Waals surface area contributed by atoms with Crippen LogP contribution in [-0.4, -0.2) is 18.2 Å². The lowest BCUT2D eigenvalue weighted by Crippen LogP contribution is -2.13. The maximum atomic E-state index is 8.08. The Hall–Kier alpha value is -0.730. The third-order valence-corrected chi connectivity index (χ3v) is 2.03. The van der Waals surface area contributed by atoms with Crippen molar-refractivity contribution in [1.82, 2.24) is 0 Å². The van der Waals surface area contributed by atoms with Crippen LogP contribution >= 0.6 is 0 Å². The summed E-state index contributed by atoms with van der Waals surface area (Å²) < 4.78 is 5.38. The van der Waals surface area contributed by atoms with Crippen molar-refractivity contribution in [2.45, 2.75) is 38.4 Å². The molecule has 62 valence electrons. The Morgan fingerprint density at radius 3 is 3.00 bits per heavy atom. The van der Waals surface area contributed by atoms with Crippen LogP contribution in [0.5, 0.6) is 0 Å². The third-order valence-electron chi connectivity index (χ3n) is 2.03. The molecule has 1 saturated heterocycles. The van der Waals surface area contributed by atoms with Crippen molar-refractivity contribution in [3.05, 3.63) is 10.4 Å². The second-order valence-corrected chi connectivity index (χ2v) is 3.10. The second-order valence-electron chi connectivity index (χ2n) is 3.10. The quantitative estimate of drug-likeness (QED) is 0.266. The molecule has 1 aliphatic heterocycles. The summed E-state index contributed by atoms with van der Waals surface area (Å²) in [5, 5.41) is 3.49. The van der Waals surface area contributed by atoms with E-state index < -0.39 is 0 Å². The molecule has 4 nitrogen and oxygen atoms in total. The Kier molecular flexibility index (Phi) is 2.37. The minimum atomic E-state index is -0.151. The third kappa shape index (κ3) is 1.85. The summed E-state index contributed by atoms with van der Waals surface area (Å²) in [5.74, 6) is 0. The normalized spacial score (nSPS) is 34.5. The molecule has 1 fully saturated rings. The van der Waals surface area contributed by atoms with Crippen molar-refractivity contribution in [2.24, 2.45) is 5.11 Å². The summed E-state index contributed by atoms with van der Waals surface area (Å²) in [6, 6.07) is 0. The van der Waals surface area contributed by atoms with Gasteiger partial charge in [-0.25, -0.2) is 0 Å². The van der Waals surface area contributed by atoms with E-state index in [2.05, 4.69) is 16.9 Å². The van der Waals surface area contributed by atoms with Crippen LogP contribution in [0.15, 0.2) is 5.11 Å². The lowest BCUT2D eigenvalue weighted by atomic mass is 10.1.